The second-order valence-electron chi connectivity index (χ2n) is 4.36. The Morgan fingerprint density at radius 3 is 2.43 bits per heavy atom. The van der Waals surface area contributed by atoms with Crippen molar-refractivity contribution >= 4 is 5.82 Å². The fourth-order valence-electron chi connectivity index (χ4n) is 0.869. The van der Waals surface area contributed by atoms with Gasteiger partial charge in [-0.05, 0) is 5.41 Å². The van der Waals surface area contributed by atoms with Gasteiger partial charge >= 0.3 is 0 Å². The molecule has 0 aromatic carbocycles. The minimum absolute atomic E-state index is 0.238. The minimum Gasteiger partial charge on any atom is -0.480 e. The van der Waals surface area contributed by atoms with Crippen molar-refractivity contribution in [1.82, 2.24) is 9.97 Å². The van der Waals surface area contributed by atoms with Crippen LogP contribution in [0.2, 0.25) is 0 Å². The average Bonchev–Trinajstić information content (AvgIpc) is 2.14. The van der Waals surface area contributed by atoms with Crippen molar-refractivity contribution in [2.45, 2.75) is 20.8 Å². The Hall–Kier alpha value is -1.32. The lowest BCUT2D eigenvalue weighted by molar-refractivity contribution is 0.395. The predicted octanol–water partition coefficient (Wildman–Crippen LogP) is 1.94. The van der Waals surface area contributed by atoms with E-state index >= 15 is 0 Å². The Kier molecular flexibility index (Phi) is 3.28. The van der Waals surface area contributed by atoms with Gasteiger partial charge in [0.25, 0.3) is 0 Å². The van der Waals surface area contributed by atoms with Crippen LogP contribution in [0.5, 0.6) is 5.88 Å². The van der Waals surface area contributed by atoms with Gasteiger partial charge in [0.2, 0.25) is 5.88 Å². The van der Waals surface area contributed by atoms with E-state index in [0.717, 1.165) is 12.4 Å². The highest BCUT2D eigenvalue weighted by molar-refractivity contribution is 5.32. The van der Waals surface area contributed by atoms with E-state index in [1.807, 2.05) is 0 Å². The van der Waals surface area contributed by atoms with E-state index in [-0.39, 0.29) is 5.41 Å². The maximum absolute atomic E-state index is 4.91. The van der Waals surface area contributed by atoms with Crippen LogP contribution in [0.1, 0.15) is 20.8 Å². The van der Waals surface area contributed by atoms with Gasteiger partial charge in [-0.1, -0.05) is 20.8 Å². The molecule has 14 heavy (non-hydrogen) atoms. The first-order chi connectivity index (χ1) is 6.51. The summed E-state index contributed by atoms with van der Waals surface area (Å²) in [4.78, 5) is 8.20. The number of ether oxygens (including phenoxy) is 1. The molecule has 0 radical (unpaired) electrons. The summed E-state index contributed by atoms with van der Waals surface area (Å²) in [5.41, 5.74) is 0.238. The van der Waals surface area contributed by atoms with Crippen LogP contribution in [0.4, 0.5) is 5.82 Å². The van der Waals surface area contributed by atoms with Crippen molar-refractivity contribution in [2.24, 2.45) is 5.41 Å². The molecule has 0 aliphatic rings. The number of anilines is 1. The van der Waals surface area contributed by atoms with Gasteiger partial charge in [0, 0.05) is 6.54 Å². The quantitative estimate of drug-likeness (QED) is 0.800. The Morgan fingerprint density at radius 1 is 1.29 bits per heavy atom. The first-order valence-electron chi connectivity index (χ1n) is 4.61. The molecule has 0 saturated heterocycles. The zero-order valence-corrected chi connectivity index (χ0v) is 9.16. The van der Waals surface area contributed by atoms with Crippen LogP contribution in [-0.4, -0.2) is 23.6 Å². The summed E-state index contributed by atoms with van der Waals surface area (Å²) in [5, 5.41) is 3.21. The molecule has 0 spiro atoms. The number of aromatic nitrogens is 2. The van der Waals surface area contributed by atoms with Crippen molar-refractivity contribution < 1.29 is 4.74 Å². The highest BCUT2D eigenvalue weighted by Gasteiger charge is 2.09. The van der Waals surface area contributed by atoms with Gasteiger partial charge in [0.05, 0.1) is 19.5 Å². The van der Waals surface area contributed by atoms with Gasteiger partial charge in [-0.2, -0.15) is 0 Å². The molecular weight excluding hydrogens is 178 g/mol. The lowest BCUT2D eigenvalue weighted by Gasteiger charge is -2.18. The molecule has 1 aromatic rings. The topological polar surface area (TPSA) is 47.0 Å². The molecule has 0 atom stereocenters. The Balaban J connectivity index is 2.52. The molecule has 0 aliphatic heterocycles. The summed E-state index contributed by atoms with van der Waals surface area (Å²) in [5.74, 6) is 1.31. The molecule has 1 rings (SSSR count). The van der Waals surface area contributed by atoms with Gasteiger partial charge in [0.1, 0.15) is 5.82 Å². The summed E-state index contributed by atoms with van der Waals surface area (Å²) in [6.45, 7) is 7.36. The normalized spacial score (nSPS) is 11.1. The van der Waals surface area contributed by atoms with E-state index in [2.05, 4.69) is 36.1 Å². The summed E-state index contributed by atoms with van der Waals surface area (Å²) in [6.07, 6.45) is 3.27. The third kappa shape index (κ3) is 3.60. The minimum atomic E-state index is 0.238. The number of methoxy groups -OCH3 is 1. The molecule has 4 heteroatoms. The highest BCUT2D eigenvalue weighted by atomic mass is 16.5. The third-order valence-electron chi connectivity index (χ3n) is 1.64. The number of rotatable bonds is 3. The molecule has 1 aromatic heterocycles. The number of nitrogens with one attached hydrogen (secondary N) is 1. The van der Waals surface area contributed by atoms with Crippen LogP contribution < -0.4 is 10.1 Å². The Morgan fingerprint density at radius 2 is 2.00 bits per heavy atom. The molecule has 0 bridgehead atoms. The fraction of sp³-hybridized carbons (Fsp3) is 0.600. The number of nitrogens with zero attached hydrogens (tertiary/aromatic N) is 2. The standard InChI is InChI=1S/C10H17N3O/c1-10(2,3)7-13-8-5-12-9(14-4)6-11-8/h5-6H,7H2,1-4H3,(H,11,13). The van der Waals surface area contributed by atoms with Crippen molar-refractivity contribution in [3.8, 4) is 5.88 Å². The first-order valence-corrected chi connectivity index (χ1v) is 4.61. The molecule has 4 nitrogen and oxygen atoms in total. The third-order valence-corrected chi connectivity index (χ3v) is 1.64. The molecule has 0 fully saturated rings. The SMILES string of the molecule is COc1cnc(NCC(C)(C)C)cn1. The van der Waals surface area contributed by atoms with Crippen molar-refractivity contribution in [2.75, 3.05) is 19.0 Å². The predicted molar refractivity (Wildman–Crippen MR) is 56.5 cm³/mol. The molecule has 0 aliphatic carbocycles. The molecular formula is C10H17N3O. The summed E-state index contributed by atoms with van der Waals surface area (Å²) in [6, 6.07) is 0. The van der Waals surface area contributed by atoms with E-state index in [1.165, 1.54) is 0 Å². The molecule has 78 valence electrons. The van der Waals surface area contributed by atoms with E-state index in [9.17, 15) is 0 Å². The zero-order valence-electron chi connectivity index (χ0n) is 9.16. The second-order valence-corrected chi connectivity index (χ2v) is 4.36. The second kappa shape index (κ2) is 4.26. The first kappa shape index (κ1) is 10.8. The maximum atomic E-state index is 4.91. The van der Waals surface area contributed by atoms with Gasteiger partial charge < -0.3 is 10.1 Å². The lowest BCUT2D eigenvalue weighted by atomic mass is 9.97. The number of hydrogen-bond donors (Lipinski definition) is 1. The lowest BCUT2D eigenvalue weighted by Crippen LogP contribution is -2.19. The van der Waals surface area contributed by atoms with Crippen LogP contribution in [0, 0.1) is 5.41 Å². The van der Waals surface area contributed by atoms with Crippen LogP contribution in [0.15, 0.2) is 12.4 Å². The van der Waals surface area contributed by atoms with E-state index in [0.29, 0.717) is 5.88 Å². The van der Waals surface area contributed by atoms with Crippen LogP contribution >= 0.6 is 0 Å². The summed E-state index contributed by atoms with van der Waals surface area (Å²) < 4.78 is 4.91. The highest BCUT2D eigenvalue weighted by Crippen LogP contribution is 2.14. The summed E-state index contributed by atoms with van der Waals surface area (Å²) >= 11 is 0. The number of hydrogen-bond acceptors (Lipinski definition) is 4. The van der Waals surface area contributed by atoms with Gasteiger partial charge in [-0.15, -0.1) is 0 Å². The average molecular weight is 195 g/mol. The van der Waals surface area contributed by atoms with E-state index in [4.69, 9.17) is 4.74 Å². The van der Waals surface area contributed by atoms with E-state index in [1.54, 1.807) is 19.5 Å². The molecule has 0 amide bonds. The van der Waals surface area contributed by atoms with Crippen LogP contribution in [-0.2, 0) is 0 Å². The smallest absolute Gasteiger partial charge is 0.232 e. The van der Waals surface area contributed by atoms with Gasteiger partial charge in [-0.25, -0.2) is 9.97 Å². The van der Waals surface area contributed by atoms with Crippen molar-refractivity contribution in [3.63, 3.8) is 0 Å². The largest absolute Gasteiger partial charge is 0.480 e. The van der Waals surface area contributed by atoms with Gasteiger partial charge in [-0.3, -0.25) is 0 Å². The molecule has 1 heterocycles. The Labute approximate surface area is 84.7 Å². The molecule has 1 N–H and O–H groups in total. The van der Waals surface area contributed by atoms with Crippen molar-refractivity contribution in [3.05, 3.63) is 12.4 Å². The van der Waals surface area contributed by atoms with Crippen LogP contribution in [0.25, 0.3) is 0 Å². The van der Waals surface area contributed by atoms with Gasteiger partial charge in [0.15, 0.2) is 0 Å². The zero-order chi connectivity index (χ0) is 10.6. The fourth-order valence-corrected chi connectivity index (χ4v) is 0.869. The summed E-state index contributed by atoms with van der Waals surface area (Å²) in [7, 11) is 1.58. The van der Waals surface area contributed by atoms with Crippen molar-refractivity contribution in [1.29, 1.82) is 0 Å². The maximum Gasteiger partial charge on any atom is 0.232 e. The van der Waals surface area contributed by atoms with E-state index < -0.39 is 0 Å². The van der Waals surface area contributed by atoms with Crippen LogP contribution in [0.3, 0.4) is 0 Å². The molecule has 0 unspecified atom stereocenters. The molecule has 0 saturated carbocycles. The monoisotopic (exact) mass is 195 g/mol. The Bertz CT molecular complexity index is 276.